The van der Waals surface area contributed by atoms with E-state index < -0.39 is 0 Å². The molecule has 1 aliphatic heterocycles. The third kappa shape index (κ3) is 1.87. The van der Waals surface area contributed by atoms with Crippen molar-refractivity contribution in [1.82, 2.24) is 0 Å². The third-order valence-electron chi connectivity index (χ3n) is 2.65. The largest absolute Gasteiger partial charge is 0.371 e. The quantitative estimate of drug-likeness (QED) is 0.719. The second-order valence-electron chi connectivity index (χ2n) is 3.75. The van der Waals surface area contributed by atoms with Gasteiger partial charge in [-0.1, -0.05) is 0 Å². The fourth-order valence-corrected chi connectivity index (χ4v) is 2.55. The molecule has 0 N–H and O–H groups in total. The van der Waals surface area contributed by atoms with Gasteiger partial charge in [0.1, 0.15) is 5.82 Å². The Kier molecular flexibility index (Phi) is 2.95. The topological polar surface area (TPSA) is 3.24 Å². The van der Waals surface area contributed by atoms with Crippen molar-refractivity contribution in [2.24, 2.45) is 0 Å². The van der Waals surface area contributed by atoms with E-state index in [-0.39, 0.29) is 5.82 Å². The predicted molar refractivity (Wildman–Crippen MR) is 65.3 cm³/mol. The maximum atomic E-state index is 13.2. The molecular weight excluding hydrogens is 292 g/mol. The van der Waals surface area contributed by atoms with Crippen LogP contribution in [-0.4, -0.2) is 13.1 Å². The second kappa shape index (κ2) is 4.04. The number of hydrogen-bond donors (Lipinski definition) is 0. The van der Waals surface area contributed by atoms with Crippen molar-refractivity contribution in [3.05, 3.63) is 27.1 Å². The molecule has 2 rings (SSSR count). The highest BCUT2D eigenvalue weighted by molar-refractivity contribution is 14.1. The molecule has 0 amide bonds. The molecule has 1 aliphatic rings. The highest BCUT2D eigenvalue weighted by atomic mass is 127. The van der Waals surface area contributed by atoms with E-state index >= 15 is 0 Å². The predicted octanol–water partition coefficient (Wildman–Crippen LogP) is 3.34. The normalized spacial score (nSPS) is 16.4. The maximum Gasteiger partial charge on any atom is 0.125 e. The smallest absolute Gasteiger partial charge is 0.125 e. The van der Waals surface area contributed by atoms with E-state index in [0.717, 1.165) is 24.3 Å². The van der Waals surface area contributed by atoms with Crippen LogP contribution in [0.5, 0.6) is 0 Å². The Morgan fingerprint density at radius 3 is 2.57 bits per heavy atom. The Morgan fingerprint density at radius 2 is 1.93 bits per heavy atom. The molecule has 1 aromatic rings. The molecule has 1 saturated heterocycles. The van der Waals surface area contributed by atoms with Crippen molar-refractivity contribution in [3.63, 3.8) is 0 Å². The van der Waals surface area contributed by atoms with Gasteiger partial charge in [0.2, 0.25) is 0 Å². The fourth-order valence-electron chi connectivity index (χ4n) is 1.90. The van der Waals surface area contributed by atoms with Crippen molar-refractivity contribution in [3.8, 4) is 0 Å². The molecule has 0 atom stereocenters. The second-order valence-corrected chi connectivity index (χ2v) is 4.83. The van der Waals surface area contributed by atoms with Gasteiger partial charge < -0.3 is 4.90 Å². The zero-order chi connectivity index (χ0) is 10.1. The monoisotopic (exact) mass is 305 g/mol. The summed E-state index contributed by atoms with van der Waals surface area (Å²) in [5.41, 5.74) is 2.10. The van der Waals surface area contributed by atoms with E-state index in [0.29, 0.717) is 0 Å². The average molecular weight is 305 g/mol. The molecule has 1 aromatic carbocycles. The van der Waals surface area contributed by atoms with Crippen LogP contribution < -0.4 is 4.90 Å². The Hall–Kier alpha value is -0.320. The van der Waals surface area contributed by atoms with Crippen LogP contribution in [0.1, 0.15) is 18.4 Å². The van der Waals surface area contributed by atoms with Gasteiger partial charge in [0.25, 0.3) is 0 Å². The summed E-state index contributed by atoms with van der Waals surface area (Å²) < 4.78 is 14.4. The van der Waals surface area contributed by atoms with E-state index in [1.807, 2.05) is 6.92 Å². The van der Waals surface area contributed by atoms with E-state index in [1.54, 1.807) is 12.1 Å². The van der Waals surface area contributed by atoms with Gasteiger partial charge in [-0.25, -0.2) is 4.39 Å². The van der Waals surface area contributed by atoms with Crippen LogP contribution in [0, 0.1) is 16.3 Å². The summed E-state index contributed by atoms with van der Waals surface area (Å²) in [5, 5.41) is 0. The molecular formula is C11H13FIN. The number of nitrogens with zero attached hydrogens (tertiary/aromatic N) is 1. The summed E-state index contributed by atoms with van der Waals surface area (Å²) >= 11 is 2.30. The van der Waals surface area contributed by atoms with Crippen LogP contribution in [0.25, 0.3) is 0 Å². The lowest BCUT2D eigenvalue weighted by Gasteiger charge is -2.20. The van der Waals surface area contributed by atoms with Crippen LogP contribution in [0.15, 0.2) is 12.1 Å². The number of anilines is 1. The number of benzene rings is 1. The number of rotatable bonds is 1. The number of halogens is 2. The third-order valence-corrected chi connectivity index (χ3v) is 4.05. The first-order valence-corrected chi connectivity index (χ1v) is 5.97. The minimum absolute atomic E-state index is 0.121. The minimum atomic E-state index is -0.121. The molecule has 0 bridgehead atoms. The summed E-state index contributed by atoms with van der Waals surface area (Å²) in [5.74, 6) is -0.121. The molecule has 0 spiro atoms. The summed E-state index contributed by atoms with van der Waals surface area (Å²) in [6, 6.07) is 3.25. The van der Waals surface area contributed by atoms with E-state index in [9.17, 15) is 4.39 Å². The molecule has 0 unspecified atom stereocenters. The summed E-state index contributed by atoms with van der Waals surface area (Å²) in [6.45, 7) is 4.10. The van der Waals surface area contributed by atoms with Gasteiger partial charge in [0, 0.05) is 16.7 Å². The summed E-state index contributed by atoms with van der Waals surface area (Å²) in [6.07, 6.45) is 2.46. The molecule has 0 radical (unpaired) electrons. The van der Waals surface area contributed by atoms with Crippen LogP contribution in [0.2, 0.25) is 0 Å². The maximum absolute atomic E-state index is 13.2. The SMILES string of the molecule is Cc1cc(F)cc(N2CCCC2)c1I. The van der Waals surface area contributed by atoms with E-state index in [1.165, 1.54) is 16.4 Å². The molecule has 14 heavy (non-hydrogen) atoms. The van der Waals surface area contributed by atoms with Crippen LogP contribution in [-0.2, 0) is 0 Å². The minimum Gasteiger partial charge on any atom is -0.371 e. The summed E-state index contributed by atoms with van der Waals surface area (Å²) in [4.78, 5) is 2.28. The Morgan fingerprint density at radius 1 is 1.29 bits per heavy atom. The van der Waals surface area contributed by atoms with Crippen molar-refractivity contribution < 1.29 is 4.39 Å². The standard InChI is InChI=1S/C11H13FIN/c1-8-6-9(12)7-10(11(8)13)14-4-2-3-5-14/h6-7H,2-5H2,1H3. The van der Waals surface area contributed by atoms with Crippen molar-refractivity contribution in [2.75, 3.05) is 18.0 Å². The average Bonchev–Trinajstić information content (AvgIpc) is 2.63. The molecule has 1 heterocycles. The highest BCUT2D eigenvalue weighted by Gasteiger charge is 2.16. The van der Waals surface area contributed by atoms with Gasteiger partial charge >= 0.3 is 0 Å². The van der Waals surface area contributed by atoms with Crippen LogP contribution in [0.3, 0.4) is 0 Å². The van der Waals surface area contributed by atoms with Crippen molar-refractivity contribution >= 4 is 28.3 Å². The molecule has 0 aliphatic carbocycles. The van der Waals surface area contributed by atoms with Crippen molar-refractivity contribution in [1.29, 1.82) is 0 Å². The molecule has 0 saturated carbocycles. The highest BCUT2D eigenvalue weighted by Crippen LogP contribution is 2.29. The first-order chi connectivity index (χ1) is 6.68. The summed E-state index contributed by atoms with van der Waals surface area (Å²) in [7, 11) is 0. The number of aryl methyl sites for hydroxylation is 1. The zero-order valence-electron chi connectivity index (χ0n) is 8.19. The Balaban J connectivity index is 2.40. The van der Waals surface area contributed by atoms with Crippen LogP contribution >= 0.6 is 22.6 Å². The molecule has 3 heteroatoms. The molecule has 1 nitrogen and oxygen atoms in total. The van der Waals surface area contributed by atoms with E-state index in [2.05, 4.69) is 27.5 Å². The van der Waals surface area contributed by atoms with Gasteiger partial charge in [-0.2, -0.15) is 0 Å². The first kappa shape index (κ1) is 10.2. The van der Waals surface area contributed by atoms with E-state index in [4.69, 9.17) is 0 Å². The Bertz CT molecular complexity index is 345. The molecule has 1 fully saturated rings. The zero-order valence-corrected chi connectivity index (χ0v) is 10.3. The van der Waals surface area contributed by atoms with Gasteiger partial charge in [-0.15, -0.1) is 0 Å². The van der Waals surface area contributed by atoms with Gasteiger partial charge in [-0.3, -0.25) is 0 Å². The van der Waals surface area contributed by atoms with Gasteiger partial charge in [0.05, 0.1) is 5.69 Å². The lowest BCUT2D eigenvalue weighted by Crippen LogP contribution is -2.19. The van der Waals surface area contributed by atoms with Gasteiger partial charge in [0.15, 0.2) is 0 Å². The van der Waals surface area contributed by atoms with Crippen LogP contribution in [0.4, 0.5) is 10.1 Å². The van der Waals surface area contributed by atoms with Gasteiger partial charge in [-0.05, 0) is 60.1 Å². The molecule has 76 valence electrons. The first-order valence-electron chi connectivity index (χ1n) is 4.89. The lowest BCUT2D eigenvalue weighted by atomic mass is 10.2. The number of hydrogen-bond acceptors (Lipinski definition) is 1. The fraction of sp³-hybridized carbons (Fsp3) is 0.455. The lowest BCUT2D eigenvalue weighted by molar-refractivity contribution is 0.625. The Labute approximate surface area is 97.4 Å². The van der Waals surface area contributed by atoms with Crippen molar-refractivity contribution in [2.45, 2.75) is 19.8 Å². The molecule has 0 aromatic heterocycles.